The van der Waals surface area contributed by atoms with Crippen LogP contribution < -0.4 is 14.4 Å². The van der Waals surface area contributed by atoms with Gasteiger partial charge in [0.25, 0.3) is 5.91 Å². The molecule has 0 bridgehead atoms. The van der Waals surface area contributed by atoms with Crippen LogP contribution in [-0.2, 0) is 0 Å². The molecule has 0 saturated carbocycles. The quantitative estimate of drug-likeness (QED) is 0.783. The monoisotopic (exact) mass is 369 g/mol. The molecule has 0 N–H and O–H groups in total. The Morgan fingerprint density at radius 3 is 2.41 bits per heavy atom. The van der Waals surface area contributed by atoms with Gasteiger partial charge in [-0.2, -0.15) is 0 Å². The Labute approximate surface area is 160 Å². The van der Waals surface area contributed by atoms with Crippen molar-refractivity contribution in [3.63, 3.8) is 0 Å². The van der Waals surface area contributed by atoms with Gasteiger partial charge in [0.15, 0.2) is 11.5 Å². The maximum Gasteiger partial charge on any atom is 0.254 e. The standard InChI is InChI=1S/C21H27N3O3/c1-4-26-19-7-6-17(14-20(19)27-5-2)21(25)24-12-10-23(11-13-24)18-8-9-22-15-16(18)3/h6-9,14-15H,4-5,10-13H2,1-3H3. The molecular formula is C21H27N3O3. The molecule has 1 aliphatic heterocycles. The Balaban J connectivity index is 1.68. The number of rotatable bonds is 6. The molecule has 1 fully saturated rings. The highest BCUT2D eigenvalue weighted by Crippen LogP contribution is 2.29. The lowest BCUT2D eigenvalue weighted by Crippen LogP contribution is -2.49. The summed E-state index contributed by atoms with van der Waals surface area (Å²) in [5, 5.41) is 0. The SMILES string of the molecule is CCOc1ccc(C(=O)N2CCN(c3ccncc3C)CC2)cc1OCC. The second-order valence-corrected chi connectivity index (χ2v) is 6.47. The van der Waals surface area contributed by atoms with Gasteiger partial charge in [-0.25, -0.2) is 0 Å². The molecule has 1 aliphatic rings. The fraction of sp³-hybridized carbons (Fsp3) is 0.429. The van der Waals surface area contributed by atoms with Crippen LogP contribution in [0.3, 0.4) is 0 Å². The Morgan fingerprint density at radius 2 is 1.74 bits per heavy atom. The van der Waals surface area contributed by atoms with Crippen molar-refractivity contribution in [3.05, 3.63) is 47.8 Å². The molecule has 0 aliphatic carbocycles. The zero-order chi connectivity index (χ0) is 19.2. The molecule has 0 spiro atoms. The second kappa shape index (κ2) is 8.75. The van der Waals surface area contributed by atoms with Crippen molar-refractivity contribution in [2.75, 3.05) is 44.3 Å². The zero-order valence-electron chi connectivity index (χ0n) is 16.3. The first-order valence-corrected chi connectivity index (χ1v) is 9.48. The largest absolute Gasteiger partial charge is 0.490 e. The molecule has 0 atom stereocenters. The zero-order valence-corrected chi connectivity index (χ0v) is 16.3. The van der Waals surface area contributed by atoms with Crippen molar-refractivity contribution in [1.82, 2.24) is 9.88 Å². The summed E-state index contributed by atoms with van der Waals surface area (Å²) in [6, 6.07) is 7.46. The average molecular weight is 369 g/mol. The highest BCUT2D eigenvalue weighted by molar-refractivity contribution is 5.95. The van der Waals surface area contributed by atoms with E-state index in [0.29, 0.717) is 43.4 Å². The van der Waals surface area contributed by atoms with Crippen molar-refractivity contribution in [3.8, 4) is 11.5 Å². The van der Waals surface area contributed by atoms with Crippen LogP contribution in [0.4, 0.5) is 5.69 Å². The van der Waals surface area contributed by atoms with E-state index in [1.54, 1.807) is 6.07 Å². The Kier molecular flexibility index (Phi) is 6.16. The van der Waals surface area contributed by atoms with E-state index in [2.05, 4.69) is 16.8 Å². The number of carbonyl (C=O) groups is 1. The predicted molar refractivity (Wildman–Crippen MR) is 106 cm³/mol. The van der Waals surface area contributed by atoms with E-state index in [1.165, 1.54) is 5.69 Å². The molecular weight excluding hydrogens is 342 g/mol. The number of pyridine rings is 1. The number of aryl methyl sites for hydroxylation is 1. The molecule has 1 aromatic heterocycles. The third-order valence-electron chi connectivity index (χ3n) is 4.69. The summed E-state index contributed by atoms with van der Waals surface area (Å²) in [6.07, 6.45) is 3.69. The number of hydrogen-bond acceptors (Lipinski definition) is 5. The molecule has 27 heavy (non-hydrogen) atoms. The van der Waals surface area contributed by atoms with E-state index in [0.717, 1.165) is 18.7 Å². The second-order valence-electron chi connectivity index (χ2n) is 6.47. The van der Waals surface area contributed by atoms with E-state index in [4.69, 9.17) is 9.47 Å². The fourth-order valence-corrected chi connectivity index (χ4v) is 3.34. The van der Waals surface area contributed by atoms with Gasteiger partial charge in [-0.15, -0.1) is 0 Å². The Hall–Kier alpha value is -2.76. The van der Waals surface area contributed by atoms with Gasteiger partial charge in [0.2, 0.25) is 0 Å². The summed E-state index contributed by atoms with van der Waals surface area (Å²) in [6.45, 7) is 10.0. The van der Waals surface area contributed by atoms with Gasteiger partial charge < -0.3 is 19.3 Å². The first-order valence-electron chi connectivity index (χ1n) is 9.48. The summed E-state index contributed by atoms with van der Waals surface area (Å²) in [5.41, 5.74) is 2.98. The third kappa shape index (κ3) is 4.32. The number of piperazine rings is 1. The van der Waals surface area contributed by atoms with E-state index >= 15 is 0 Å². The Morgan fingerprint density at radius 1 is 1.04 bits per heavy atom. The number of aromatic nitrogens is 1. The van der Waals surface area contributed by atoms with E-state index in [9.17, 15) is 4.79 Å². The summed E-state index contributed by atoms with van der Waals surface area (Å²) < 4.78 is 11.2. The number of anilines is 1. The molecule has 2 aromatic rings. The molecule has 3 rings (SSSR count). The molecule has 6 nitrogen and oxygen atoms in total. The molecule has 0 unspecified atom stereocenters. The number of ether oxygens (including phenoxy) is 2. The molecule has 6 heteroatoms. The number of hydrogen-bond donors (Lipinski definition) is 0. The summed E-state index contributed by atoms with van der Waals surface area (Å²) >= 11 is 0. The smallest absolute Gasteiger partial charge is 0.254 e. The topological polar surface area (TPSA) is 54.9 Å². The molecule has 1 saturated heterocycles. The van der Waals surface area contributed by atoms with Crippen LogP contribution in [0.1, 0.15) is 29.8 Å². The minimum Gasteiger partial charge on any atom is -0.490 e. The average Bonchev–Trinajstić information content (AvgIpc) is 2.70. The van der Waals surface area contributed by atoms with Crippen LogP contribution in [0, 0.1) is 6.92 Å². The normalized spacial score (nSPS) is 14.2. The van der Waals surface area contributed by atoms with Crippen molar-refractivity contribution in [2.45, 2.75) is 20.8 Å². The van der Waals surface area contributed by atoms with Crippen LogP contribution in [0.25, 0.3) is 0 Å². The van der Waals surface area contributed by atoms with Crippen LogP contribution in [0.5, 0.6) is 11.5 Å². The van der Waals surface area contributed by atoms with Gasteiger partial charge in [0.05, 0.1) is 13.2 Å². The first-order chi connectivity index (χ1) is 13.1. The van der Waals surface area contributed by atoms with Crippen molar-refractivity contribution in [2.24, 2.45) is 0 Å². The van der Waals surface area contributed by atoms with Crippen molar-refractivity contribution < 1.29 is 14.3 Å². The van der Waals surface area contributed by atoms with Gasteiger partial charge in [-0.05, 0) is 50.6 Å². The maximum absolute atomic E-state index is 12.9. The van der Waals surface area contributed by atoms with Gasteiger partial charge in [0.1, 0.15) is 0 Å². The third-order valence-corrected chi connectivity index (χ3v) is 4.69. The van der Waals surface area contributed by atoms with Crippen LogP contribution in [0.15, 0.2) is 36.7 Å². The Bertz CT molecular complexity index is 786. The number of benzene rings is 1. The van der Waals surface area contributed by atoms with Gasteiger partial charge in [-0.1, -0.05) is 0 Å². The highest BCUT2D eigenvalue weighted by atomic mass is 16.5. The summed E-state index contributed by atoms with van der Waals surface area (Å²) in [5.74, 6) is 1.33. The summed E-state index contributed by atoms with van der Waals surface area (Å²) in [4.78, 5) is 21.3. The van der Waals surface area contributed by atoms with Gasteiger partial charge in [-0.3, -0.25) is 9.78 Å². The lowest BCUT2D eigenvalue weighted by atomic mass is 10.1. The molecule has 0 radical (unpaired) electrons. The van der Waals surface area contributed by atoms with Crippen LogP contribution >= 0.6 is 0 Å². The van der Waals surface area contributed by atoms with Gasteiger partial charge in [0, 0.05) is 49.8 Å². The van der Waals surface area contributed by atoms with E-state index in [-0.39, 0.29) is 5.91 Å². The summed E-state index contributed by atoms with van der Waals surface area (Å²) in [7, 11) is 0. The number of carbonyl (C=O) groups excluding carboxylic acids is 1. The lowest BCUT2D eigenvalue weighted by Gasteiger charge is -2.36. The van der Waals surface area contributed by atoms with Crippen LogP contribution in [0.2, 0.25) is 0 Å². The van der Waals surface area contributed by atoms with Crippen molar-refractivity contribution in [1.29, 1.82) is 0 Å². The van der Waals surface area contributed by atoms with Gasteiger partial charge >= 0.3 is 0 Å². The minimum absolute atomic E-state index is 0.0325. The fourth-order valence-electron chi connectivity index (χ4n) is 3.34. The molecule has 1 amide bonds. The molecule has 2 heterocycles. The minimum atomic E-state index is 0.0325. The number of amides is 1. The van der Waals surface area contributed by atoms with Crippen molar-refractivity contribution >= 4 is 11.6 Å². The van der Waals surface area contributed by atoms with E-state index in [1.807, 2.05) is 49.3 Å². The lowest BCUT2D eigenvalue weighted by molar-refractivity contribution is 0.0746. The number of nitrogens with zero attached hydrogens (tertiary/aromatic N) is 3. The predicted octanol–water partition coefficient (Wildman–Crippen LogP) is 3.15. The first kappa shape index (κ1) is 19.0. The maximum atomic E-state index is 12.9. The molecule has 144 valence electrons. The highest BCUT2D eigenvalue weighted by Gasteiger charge is 2.24. The van der Waals surface area contributed by atoms with Crippen LogP contribution in [-0.4, -0.2) is 55.2 Å². The molecule has 1 aromatic carbocycles. The van der Waals surface area contributed by atoms with E-state index < -0.39 is 0 Å².